The first-order valence-electron chi connectivity index (χ1n) is 10.6. The van der Waals surface area contributed by atoms with E-state index < -0.39 is 30.7 Å². The molecule has 1 N–H and O–H groups in total. The van der Waals surface area contributed by atoms with Crippen LogP contribution in [0.25, 0.3) is 11.3 Å². The SMILES string of the molecule is C=CCC(=O)N1CCN(C(C)c2ncc(-c3cncc(OC)c3)o2)C[C@H]1C(=O)NCC(F)(F)F. The third kappa shape index (κ3) is 6.13. The normalized spacial score (nSPS) is 17.8. The first-order valence-corrected chi connectivity index (χ1v) is 10.6. The zero-order valence-corrected chi connectivity index (χ0v) is 18.8. The molecule has 184 valence electrons. The molecule has 1 saturated heterocycles. The Hall–Kier alpha value is -3.41. The van der Waals surface area contributed by atoms with E-state index in [-0.39, 0.29) is 25.4 Å². The Morgan fingerprint density at radius 2 is 2.12 bits per heavy atom. The number of piperazine rings is 1. The highest BCUT2D eigenvalue weighted by Gasteiger charge is 2.39. The number of nitrogens with zero attached hydrogens (tertiary/aromatic N) is 4. The van der Waals surface area contributed by atoms with Gasteiger partial charge in [0.05, 0.1) is 25.5 Å². The molecule has 0 aliphatic carbocycles. The number of oxazole rings is 1. The average molecular weight is 481 g/mol. The highest BCUT2D eigenvalue weighted by atomic mass is 19.4. The largest absolute Gasteiger partial charge is 0.495 e. The number of pyridine rings is 1. The minimum Gasteiger partial charge on any atom is -0.495 e. The van der Waals surface area contributed by atoms with E-state index in [2.05, 4.69) is 16.5 Å². The predicted octanol–water partition coefficient (Wildman–Crippen LogP) is 2.57. The van der Waals surface area contributed by atoms with Crippen LogP contribution in [0.2, 0.25) is 0 Å². The molecule has 1 aliphatic rings. The Bertz CT molecular complexity index is 1030. The Labute approximate surface area is 194 Å². The number of carbonyl (C=O) groups is 2. The summed E-state index contributed by atoms with van der Waals surface area (Å²) in [6, 6.07) is 0.248. The van der Waals surface area contributed by atoms with E-state index in [1.165, 1.54) is 18.1 Å². The van der Waals surface area contributed by atoms with Gasteiger partial charge in [-0.3, -0.25) is 19.5 Å². The summed E-state index contributed by atoms with van der Waals surface area (Å²) in [5, 5.41) is 1.89. The lowest BCUT2D eigenvalue weighted by Crippen LogP contribution is -2.61. The maximum Gasteiger partial charge on any atom is 0.405 e. The van der Waals surface area contributed by atoms with Gasteiger partial charge in [-0.05, 0) is 13.0 Å². The van der Waals surface area contributed by atoms with Crippen LogP contribution in [0.5, 0.6) is 5.75 Å². The monoisotopic (exact) mass is 481 g/mol. The number of hydrogen-bond donors (Lipinski definition) is 1. The van der Waals surface area contributed by atoms with Gasteiger partial charge in [0.25, 0.3) is 0 Å². The fourth-order valence-corrected chi connectivity index (χ4v) is 3.66. The Morgan fingerprint density at radius 3 is 2.79 bits per heavy atom. The van der Waals surface area contributed by atoms with E-state index in [1.54, 1.807) is 24.7 Å². The maximum absolute atomic E-state index is 12.6. The first-order chi connectivity index (χ1) is 16.1. The van der Waals surface area contributed by atoms with Crippen LogP contribution < -0.4 is 10.1 Å². The summed E-state index contributed by atoms with van der Waals surface area (Å²) in [5.74, 6) is 0.128. The molecular weight excluding hydrogens is 455 g/mol. The lowest BCUT2D eigenvalue weighted by atomic mass is 10.1. The molecule has 0 saturated carbocycles. The van der Waals surface area contributed by atoms with Gasteiger partial charge in [-0.1, -0.05) is 6.08 Å². The number of halogens is 3. The van der Waals surface area contributed by atoms with Gasteiger partial charge in [-0.2, -0.15) is 13.2 Å². The highest BCUT2D eigenvalue weighted by molar-refractivity contribution is 5.88. The Morgan fingerprint density at radius 1 is 1.35 bits per heavy atom. The molecule has 34 heavy (non-hydrogen) atoms. The number of methoxy groups -OCH3 is 1. The highest BCUT2D eigenvalue weighted by Crippen LogP contribution is 2.29. The molecule has 12 heteroatoms. The minimum absolute atomic E-state index is 0.0176. The maximum atomic E-state index is 12.6. The predicted molar refractivity (Wildman–Crippen MR) is 116 cm³/mol. The molecule has 2 atom stereocenters. The second-order valence-corrected chi connectivity index (χ2v) is 7.78. The van der Waals surface area contributed by atoms with Crippen molar-refractivity contribution in [1.82, 2.24) is 25.1 Å². The van der Waals surface area contributed by atoms with Crippen molar-refractivity contribution in [2.24, 2.45) is 0 Å². The molecule has 0 radical (unpaired) electrons. The van der Waals surface area contributed by atoms with Crippen LogP contribution in [0.4, 0.5) is 13.2 Å². The van der Waals surface area contributed by atoms with Crippen molar-refractivity contribution >= 4 is 11.8 Å². The molecule has 1 fully saturated rings. The van der Waals surface area contributed by atoms with Gasteiger partial charge in [0.2, 0.25) is 17.7 Å². The van der Waals surface area contributed by atoms with Crippen LogP contribution in [-0.4, -0.2) is 77.1 Å². The van der Waals surface area contributed by atoms with Crippen molar-refractivity contribution in [2.75, 3.05) is 33.3 Å². The van der Waals surface area contributed by atoms with Gasteiger partial charge in [0.1, 0.15) is 18.3 Å². The standard InChI is InChI=1S/C22H26F3N5O4/c1-4-5-19(31)30-7-6-29(12-17(30)20(32)28-13-22(23,24)25)14(2)21-27-11-18(34-21)15-8-16(33-3)10-26-9-15/h4,8-11,14,17H,1,5-7,12-13H2,2-3H3,(H,28,32)/t14?,17-/m0/s1. The van der Waals surface area contributed by atoms with Crippen molar-refractivity contribution in [3.8, 4) is 17.1 Å². The van der Waals surface area contributed by atoms with Crippen LogP contribution in [0.1, 0.15) is 25.3 Å². The molecule has 9 nitrogen and oxygen atoms in total. The summed E-state index contributed by atoms with van der Waals surface area (Å²) < 4.78 is 48.9. The van der Waals surface area contributed by atoms with Crippen LogP contribution in [-0.2, 0) is 9.59 Å². The molecule has 0 bridgehead atoms. The zero-order valence-electron chi connectivity index (χ0n) is 18.8. The van der Waals surface area contributed by atoms with E-state index in [0.717, 1.165) is 0 Å². The molecule has 2 aromatic rings. The van der Waals surface area contributed by atoms with Gasteiger partial charge < -0.3 is 19.4 Å². The summed E-state index contributed by atoms with van der Waals surface area (Å²) >= 11 is 0. The molecule has 0 spiro atoms. The molecular formula is C22H26F3N5O4. The Balaban J connectivity index is 1.76. The van der Waals surface area contributed by atoms with Gasteiger partial charge in [0.15, 0.2) is 5.76 Å². The number of carbonyl (C=O) groups excluding carboxylic acids is 2. The lowest BCUT2D eigenvalue weighted by Gasteiger charge is -2.42. The number of hydrogen-bond acceptors (Lipinski definition) is 7. The Kier molecular flexibility index (Phi) is 7.92. The number of ether oxygens (including phenoxy) is 1. The minimum atomic E-state index is -4.56. The van der Waals surface area contributed by atoms with Crippen LogP contribution in [0.15, 0.2) is 41.7 Å². The number of aromatic nitrogens is 2. The van der Waals surface area contributed by atoms with Crippen molar-refractivity contribution in [3.05, 3.63) is 43.2 Å². The van der Waals surface area contributed by atoms with Gasteiger partial charge in [-0.15, -0.1) is 6.58 Å². The fourth-order valence-electron chi connectivity index (χ4n) is 3.66. The second kappa shape index (κ2) is 10.7. The number of rotatable bonds is 8. The zero-order chi connectivity index (χ0) is 24.9. The van der Waals surface area contributed by atoms with Crippen molar-refractivity contribution in [1.29, 1.82) is 0 Å². The molecule has 3 heterocycles. The van der Waals surface area contributed by atoms with Crippen molar-refractivity contribution < 1.29 is 31.9 Å². The summed E-state index contributed by atoms with van der Waals surface area (Å²) in [6.45, 7) is 4.41. The quantitative estimate of drug-likeness (QED) is 0.579. The van der Waals surface area contributed by atoms with Crippen LogP contribution in [0.3, 0.4) is 0 Å². The third-order valence-corrected chi connectivity index (χ3v) is 5.48. The summed E-state index contributed by atoms with van der Waals surface area (Å²) in [5.41, 5.74) is 0.662. The molecule has 0 aromatic carbocycles. The molecule has 1 aliphatic heterocycles. The van der Waals surface area contributed by atoms with E-state index >= 15 is 0 Å². The molecule has 3 rings (SSSR count). The summed E-state index contributed by atoms with van der Waals surface area (Å²) in [6.07, 6.45) is 1.51. The average Bonchev–Trinajstić information content (AvgIpc) is 3.32. The summed E-state index contributed by atoms with van der Waals surface area (Å²) in [7, 11) is 1.52. The third-order valence-electron chi connectivity index (χ3n) is 5.48. The van der Waals surface area contributed by atoms with Crippen molar-refractivity contribution in [3.63, 3.8) is 0 Å². The lowest BCUT2D eigenvalue weighted by molar-refractivity contribution is -0.149. The second-order valence-electron chi connectivity index (χ2n) is 7.78. The number of alkyl halides is 3. The molecule has 1 unspecified atom stereocenters. The van der Waals surface area contributed by atoms with E-state index in [4.69, 9.17) is 9.15 Å². The topological polar surface area (TPSA) is 101 Å². The van der Waals surface area contributed by atoms with Crippen LogP contribution >= 0.6 is 0 Å². The summed E-state index contributed by atoms with van der Waals surface area (Å²) in [4.78, 5) is 36.6. The van der Waals surface area contributed by atoms with Gasteiger partial charge in [0, 0.05) is 37.8 Å². The smallest absolute Gasteiger partial charge is 0.405 e. The van der Waals surface area contributed by atoms with E-state index in [9.17, 15) is 22.8 Å². The van der Waals surface area contributed by atoms with Crippen molar-refractivity contribution in [2.45, 2.75) is 31.6 Å². The van der Waals surface area contributed by atoms with Gasteiger partial charge >= 0.3 is 6.18 Å². The molecule has 2 aromatic heterocycles. The first kappa shape index (κ1) is 25.2. The van der Waals surface area contributed by atoms with Gasteiger partial charge in [-0.25, -0.2) is 4.98 Å². The molecule has 2 amide bonds. The van der Waals surface area contributed by atoms with E-state index in [1.807, 2.05) is 17.1 Å². The number of amides is 2. The fraction of sp³-hybridized carbons (Fsp3) is 0.455. The van der Waals surface area contributed by atoms with Crippen LogP contribution in [0, 0.1) is 0 Å². The van der Waals surface area contributed by atoms with E-state index in [0.29, 0.717) is 29.5 Å². The number of nitrogens with one attached hydrogen (secondary N) is 1.